The number of nitrogens with zero attached hydrogens (tertiary/aromatic N) is 2. The SMILES string of the molecule is COC[C@H](NC(=O)c1cc(C)on1)C(=O)N[C@@H](Cc1cscn1)C(=O)N[C@@H](CC(C)C)C(=O)[C@]1(C)CO1. The fraction of sp³-hybridized carbons (Fsp3) is 0.583. The van der Waals surface area contributed by atoms with E-state index in [0.29, 0.717) is 24.5 Å². The molecule has 12 nitrogen and oxygen atoms in total. The van der Waals surface area contributed by atoms with E-state index in [1.54, 1.807) is 24.7 Å². The van der Waals surface area contributed by atoms with E-state index in [2.05, 4.69) is 26.1 Å². The molecule has 1 aliphatic rings. The zero-order valence-electron chi connectivity index (χ0n) is 21.5. The molecular weight excluding hydrogens is 502 g/mol. The molecule has 0 aliphatic carbocycles. The Morgan fingerprint density at radius 3 is 2.35 bits per heavy atom. The Balaban J connectivity index is 1.75. The highest BCUT2D eigenvalue weighted by Crippen LogP contribution is 2.29. The Kier molecular flexibility index (Phi) is 9.51. The first-order chi connectivity index (χ1) is 17.5. The minimum Gasteiger partial charge on any atom is -0.382 e. The van der Waals surface area contributed by atoms with E-state index in [-0.39, 0.29) is 30.4 Å². The van der Waals surface area contributed by atoms with Gasteiger partial charge in [0, 0.05) is 25.0 Å². The van der Waals surface area contributed by atoms with Crippen LogP contribution in [0.25, 0.3) is 0 Å². The summed E-state index contributed by atoms with van der Waals surface area (Å²) in [5.41, 5.74) is 1.32. The third-order valence-corrected chi connectivity index (χ3v) is 6.42. The Morgan fingerprint density at radius 1 is 1.14 bits per heavy atom. The Labute approximate surface area is 218 Å². The van der Waals surface area contributed by atoms with Crippen LogP contribution < -0.4 is 16.0 Å². The summed E-state index contributed by atoms with van der Waals surface area (Å²) in [6, 6.07) is -1.52. The van der Waals surface area contributed by atoms with E-state index in [1.807, 2.05) is 13.8 Å². The van der Waals surface area contributed by atoms with Crippen molar-refractivity contribution < 1.29 is 33.2 Å². The molecule has 3 rings (SSSR count). The Hall–Kier alpha value is -3.16. The van der Waals surface area contributed by atoms with Crippen molar-refractivity contribution in [1.29, 1.82) is 0 Å². The second-order valence-corrected chi connectivity index (χ2v) is 10.3. The number of hydrogen-bond donors (Lipinski definition) is 3. The maximum atomic E-state index is 13.4. The molecule has 3 amide bonds. The molecule has 0 unspecified atom stereocenters. The van der Waals surface area contributed by atoms with Crippen LogP contribution >= 0.6 is 11.3 Å². The van der Waals surface area contributed by atoms with Crippen LogP contribution in [-0.4, -0.2) is 77.7 Å². The predicted molar refractivity (Wildman–Crippen MR) is 133 cm³/mol. The van der Waals surface area contributed by atoms with Crippen LogP contribution in [0.1, 0.15) is 49.1 Å². The van der Waals surface area contributed by atoms with Crippen molar-refractivity contribution in [2.75, 3.05) is 20.3 Å². The monoisotopic (exact) mass is 535 g/mol. The summed E-state index contributed by atoms with van der Waals surface area (Å²) in [4.78, 5) is 56.3. The molecule has 2 aromatic heterocycles. The topological polar surface area (TPSA) is 165 Å². The van der Waals surface area contributed by atoms with Crippen molar-refractivity contribution in [1.82, 2.24) is 26.1 Å². The summed E-state index contributed by atoms with van der Waals surface area (Å²) >= 11 is 1.35. The smallest absolute Gasteiger partial charge is 0.274 e. The van der Waals surface area contributed by atoms with Gasteiger partial charge in [-0.2, -0.15) is 0 Å². The number of epoxide rings is 1. The first kappa shape index (κ1) is 28.4. The molecule has 3 N–H and O–H groups in total. The van der Waals surface area contributed by atoms with Crippen LogP contribution in [0.3, 0.4) is 0 Å². The normalized spacial score (nSPS) is 19.1. The zero-order chi connectivity index (χ0) is 27.2. The zero-order valence-corrected chi connectivity index (χ0v) is 22.3. The molecule has 37 heavy (non-hydrogen) atoms. The van der Waals surface area contributed by atoms with Gasteiger partial charge in [-0.25, -0.2) is 4.98 Å². The summed E-state index contributed by atoms with van der Waals surface area (Å²) in [6.45, 7) is 7.38. The third kappa shape index (κ3) is 7.91. The van der Waals surface area contributed by atoms with Gasteiger partial charge in [0.1, 0.15) is 23.4 Å². The molecule has 3 heterocycles. The third-order valence-electron chi connectivity index (χ3n) is 5.78. The number of hydrogen-bond acceptors (Lipinski definition) is 10. The fourth-order valence-electron chi connectivity index (χ4n) is 3.68. The summed E-state index contributed by atoms with van der Waals surface area (Å²) in [7, 11) is 1.38. The summed E-state index contributed by atoms with van der Waals surface area (Å²) in [5, 5.41) is 13.5. The van der Waals surface area contributed by atoms with E-state index in [4.69, 9.17) is 14.0 Å². The average Bonchev–Trinajstić information content (AvgIpc) is 3.20. The number of Topliss-reactive ketones (excluding diaryl/α,β-unsaturated/α-hetero) is 1. The van der Waals surface area contributed by atoms with Gasteiger partial charge in [-0.3, -0.25) is 19.2 Å². The molecule has 0 saturated carbocycles. The van der Waals surface area contributed by atoms with Crippen molar-refractivity contribution in [2.45, 2.75) is 64.3 Å². The Morgan fingerprint density at radius 2 is 1.81 bits per heavy atom. The van der Waals surface area contributed by atoms with Crippen LogP contribution in [0.4, 0.5) is 0 Å². The number of carbonyl (C=O) groups excluding carboxylic acids is 4. The quantitative estimate of drug-likeness (QED) is 0.297. The highest BCUT2D eigenvalue weighted by atomic mass is 32.1. The van der Waals surface area contributed by atoms with E-state index < -0.39 is 41.4 Å². The molecule has 0 spiro atoms. The van der Waals surface area contributed by atoms with Crippen molar-refractivity contribution in [3.8, 4) is 0 Å². The molecule has 4 atom stereocenters. The Bertz CT molecular complexity index is 1100. The standard InChI is InChI=1S/C24H33N5O7S/c1-13(2)6-16(20(30)24(4)11-35-24)26-21(31)17(8-15-10-37-12-25-15)27-23(33)19(9-34-5)28-22(32)18-7-14(3)36-29-18/h7,10,12-13,16-17,19H,6,8-9,11H2,1-5H3,(H,26,31)(H,27,33)(H,28,32)/t16-,17-,19-,24-/m0/s1. The molecule has 1 saturated heterocycles. The molecule has 202 valence electrons. The van der Waals surface area contributed by atoms with E-state index in [0.717, 1.165) is 0 Å². The van der Waals surface area contributed by atoms with Crippen molar-refractivity contribution in [3.05, 3.63) is 34.1 Å². The largest absolute Gasteiger partial charge is 0.382 e. The van der Waals surface area contributed by atoms with Gasteiger partial charge in [-0.15, -0.1) is 11.3 Å². The van der Waals surface area contributed by atoms with Gasteiger partial charge >= 0.3 is 0 Å². The van der Waals surface area contributed by atoms with Gasteiger partial charge in [0.2, 0.25) is 11.8 Å². The number of ether oxygens (including phenoxy) is 2. The van der Waals surface area contributed by atoms with Crippen molar-refractivity contribution in [3.63, 3.8) is 0 Å². The van der Waals surface area contributed by atoms with Gasteiger partial charge in [0.05, 0.1) is 30.5 Å². The first-order valence-electron chi connectivity index (χ1n) is 11.9. The van der Waals surface area contributed by atoms with Crippen LogP contribution in [0.2, 0.25) is 0 Å². The second-order valence-electron chi connectivity index (χ2n) is 9.62. The second kappa shape index (κ2) is 12.4. The number of thiazole rings is 1. The molecule has 0 bridgehead atoms. The highest BCUT2D eigenvalue weighted by molar-refractivity contribution is 7.07. The number of aromatic nitrogens is 2. The fourth-order valence-corrected chi connectivity index (χ4v) is 4.25. The van der Waals surface area contributed by atoms with Gasteiger partial charge in [-0.05, 0) is 26.2 Å². The highest BCUT2D eigenvalue weighted by Gasteiger charge is 2.50. The lowest BCUT2D eigenvalue weighted by Crippen LogP contribution is -2.58. The summed E-state index contributed by atoms with van der Waals surface area (Å²) < 4.78 is 15.3. The molecule has 13 heteroatoms. The van der Waals surface area contributed by atoms with Crippen molar-refractivity contribution in [2.24, 2.45) is 5.92 Å². The van der Waals surface area contributed by atoms with Crippen LogP contribution in [0, 0.1) is 12.8 Å². The van der Waals surface area contributed by atoms with Gasteiger partial charge < -0.3 is 29.9 Å². The number of carbonyl (C=O) groups is 4. The molecule has 0 aromatic carbocycles. The minimum atomic E-state index is -1.12. The van der Waals surface area contributed by atoms with Crippen molar-refractivity contribution >= 4 is 34.8 Å². The maximum absolute atomic E-state index is 13.4. The minimum absolute atomic E-state index is 0.00833. The number of amides is 3. The number of nitrogens with one attached hydrogen (secondary N) is 3. The lowest BCUT2D eigenvalue weighted by molar-refractivity contribution is -0.133. The van der Waals surface area contributed by atoms with Gasteiger partial charge in [-0.1, -0.05) is 19.0 Å². The average molecular weight is 536 g/mol. The van der Waals surface area contributed by atoms with Crippen LogP contribution in [0.5, 0.6) is 0 Å². The summed E-state index contributed by atoms with van der Waals surface area (Å²) in [6.07, 6.45) is 0.508. The van der Waals surface area contributed by atoms with Crippen LogP contribution in [0.15, 0.2) is 21.5 Å². The molecule has 0 radical (unpaired) electrons. The lowest BCUT2D eigenvalue weighted by Gasteiger charge is -2.26. The first-order valence-corrected chi connectivity index (χ1v) is 12.9. The number of aryl methyl sites for hydroxylation is 1. The lowest BCUT2D eigenvalue weighted by atomic mass is 9.93. The van der Waals surface area contributed by atoms with Gasteiger partial charge in [0.25, 0.3) is 5.91 Å². The predicted octanol–water partition coefficient (Wildman–Crippen LogP) is 0.801. The number of methoxy groups -OCH3 is 1. The maximum Gasteiger partial charge on any atom is 0.274 e. The van der Waals surface area contributed by atoms with E-state index in [1.165, 1.54) is 24.5 Å². The molecular formula is C24H33N5O7S. The van der Waals surface area contributed by atoms with Gasteiger partial charge in [0.15, 0.2) is 11.5 Å². The van der Waals surface area contributed by atoms with Crippen LogP contribution in [-0.2, 0) is 30.3 Å². The van der Waals surface area contributed by atoms with E-state index >= 15 is 0 Å². The molecule has 2 aromatic rings. The molecule has 1 fully saturated rings. The number of ketones is 1. The number of rotatable bonds is 14. The molecule has 1 aliphatic heterocycles. The summed E-state index contributed by atoms with van der Waals surface area (Å²) in [5.74, 6) is -1.46. The van der Waals surface area contributed by atoms with E-state index in [9.17, 15) is 19.2 Å².